The molecular weight excluding hydrogens is 326 g/mol. The van der Waals surface area contributed by atoms with E-state index in [4.69, 9.17) is 9.47 Å². The van der Waals surface area contributed by atoms with Gasteiger partial charge in [-0.25, -0.2) is 0 Å². The highest BCUT2D eigenvalue weighted by atomic mass is 16.5. The van der Waals surface area contributed by atoms with Crippen LogP contribution >= 0.6 is 0 Å². The van der Waals surface area contributed by atoms with Gasteiger partial charge in [0.15, 0.2) is 0 Å². The van der Waals surface area contributed by atoms with Gasteiger partial charge < -0.3 is 19.6 Å². The zero-order chi connectivity index (χ0) is 17.9. The summed E-state index contributed by atoms with van der Waals surface area (Å²) in [6.45, 7) is 2.67. The summed E-state index contributed by atoms with van der Waals surface area (Å²) in [5.41, 5.74) is 4.25. The third-order valence-electron chi connectivity index (χ3n) is 4.52. The second-order valence-corrected chi connectivity index (χ2v) is 6.47. The van der Waals surface area contributed by atoms with E-state index >= 15 is 0 Å². The van der Waals surface area contributed by atoms with Crippen molar-refractivity contribution >= 4 is 6.08 Å². The van der Waals surface area contributed by atoms with Crippen molar-refractivity contribution in [3.05, 3.63) is 83.2 Å². The molecule has 0 radical (unpaired) electrons. The molecule has 0 bridgehead atoms. The van der Waals surface area contributed by atoms with E-state index in [1.165, 1.54) is 5.69 Å². The molecular formula is C22H21NO3. The first-order chi connectivity index (χ1) is 12.7. The number of fused-ring (bicyclic) bond motifs is 1. The first-order valence-electron chi connectivity index (χ1n) is 8.72. The topological polar surface area (TPSA) is 54.5 Å². The number of hydrogen-bond donors (Lipinski definition) is 2. The molecule has 4 nitrogen and oxygen atoms in total. The molecule has 0 spiro atoms. The number of rotatable bonds is 5. The number of aromatic amines is 1. The first kappa shape index (κ1) is 16.3. The molecule has 0 saturated carbocycles. The maximum atomic E-state index is 9.62. The number of aromatic hydroxyl groups is 1. The molecule has 3 aromatic rings. The van der Waals surface area contributed by atoms with Crippen LogP contribution in [0.2, 0.25) is 0 Å². The fraction of sp³-hybridized carbons (Fsp3) is 0.182. The summed E-state index contributed by atoms with van der Waals surface area (Å²) in [6, 6.07) is 17.2. The summed E-state index contributed by atoms with van der Waals surface area (Å²) in [7, 11) is 0. The van der Waals surface area contributed by atoms with Crippen molar-refractivity contribution < 1.29 is 14.6 Å². The van der Waals surface area contributed by atoms with Gasteiger partial charge in [0.1, 0.15) is 23.4 Å². The highest BCUT2D eigenvalue weighted by Crippen LogP contribution is 2.38. The summed E-state index contributed by atoms with van der Waals surface area (Å²) in [5, 5.41) is 9.62. The maximum Gasteiger partial charge on any atom is 0.145 e. The number of aromatic nitrogens is 1. The molecule has 0 saturated heterocycles. The van der Waals surface area contributed by atoms with Crippen LogP contribution in [0.15, 0.2) is 66.4 Å². The number of ether oxygens (including phenoxy) is 2. The van der Waals surface area contributed by atoms with E-state index in [1.807, 2.05) is 43.5 Å². The monoisotopic (exact) mass is 347 g/mol. The van der Waals surface area contributed by atoms with Gasteiger partial charge >= 0.3 is 0 Å². The molecule has 2 aromatic carbocycles. The molecule has 132 valence electrons. The Morgan fingerprint density at radius 3 is 2.73 bits per heavy atom. The molecule has 4 rings (SSSR count). The van der Waals surface area contributed by atoms with E-state index in [-0.39, 0.29) is 11.9 Å². The normalized spacial score (nSPS) is 15.7. The second-order valence-electron chi connectivity index (χ2n) is 6.47. The number of hydrogen-bond acceptors (Lipinski definition) is 3. The molecule has 1 unspecified atom stereocenters. The quantitative estimate of drug-likeness (QED) is 0.692. The number of benzene rings is 2. The van der Waals surface area contributed by atoms with Crippen LogP contribution in [0.4, 0.5) is 0 Å². The van der Waals surface area contributed by atoms with E-state index in [0.29, 0.717) is 6.61 Å². The predicted molar refractivity (Wildman–Crippen MR) is 102 cm³/mol. The summed E-state index contributed by atoms with van der Waals surface area (Å²) >= 11 is 0. The van der Waals surface area contributed by atoms with Gasteiger partial charge in [-0.3, -0.25) is 0 Å². The third kappa shape index (κ3) is 3.45. The van der Waals surface area contributed by atoms with E-state index < -0.39 is 0 Å². The Bertz CT molecular complexity index is 911. The van der Waals surface area contributed by atoms with Crippen LogP contribution in [0.3, 0.4) is 0 Å². The first-order valence-corrected chi connectivity index (χ1v) is 8.72. The minimum atomic E-state index is -0.125. The lowest BCUT2D eigenvalue weighted by atomic mass is 9.97. The van der Waals surface area contributed by atoms with Gasteiger partial charge in [-0.15, -0.1) is 0 Å². The van der Waals surface area contributed by atoms with E-state index in [9.17, 15) is 5.11 Å². The van der Waals surface area contributed by atoms with Gasteiger partial charge in [-0.1, -0.05) is 12.1 Å². The van der Waals surface area contributed by atoms with Crippen molar-refractivity contribution in [2.45, 2.75) is 19.4 Å². The smallest absolute Gasteiger partial charge is 0.145 e. The fourth-order valence-corrected chi connectivity index (χ4v) is 3.17. The van der Waals surface area contributed by atoms with Gasteiger partial charge in [0.2, 0.25) is 0 Å². The number of phenols is 1. The Balaban J connectivity index is 1.43. The summed E-state index contributed by atoms with van der Waals surface area (Å²) < 4.78 is 11.9. The van der Waals surface area contributed by atoms with Gasteiger partial charge in [-0.05, 0) is 66.6 Å². The van der Waals surface area contributed by atoms with Crippen LogP contribution in [0.1, 0.15) is 29.8 Å². The average Bonchev–Trinajstić information content (AvgIpc) is 3.15. The van der Waals surface area contributed by atoms with Gasteiger partial charge in [0.05, 0.1) is 6.61 Å². The molecule has 4 heteroatoms. The summed E-state index contributed by atoms with van der Waals surface area (Å²) in [5.74, 6) is 1.88. The summed E-state index contributed by atoms with van der Waals surface area (Å²) in [4.78, 5) is 3.17. The largest absolute Gasteiger partial charge is 0.508 e. The fourth-order valence-electron chi connectivity index (χ4n) is 3.17. The standard InChI is InChI=1S/C22H21NO3/c1-15-13-17-14-19(24)6-9-21(17)26-22(15)16-4-7-20(8-5-16)25-12-10-18-3-2-11-23-18/h2-9,11,13-14,22-24H,10,12H2,1H3. The lowest BCUT2D eigenvalue weighted by Crippen LogP contribution is -2.13. The lowest BCUT2D eigenvalue weighted by Gasteiger charge is -2.26. The molecule has 0 fully saturated rings. The van der Waals surface area contributed by atoms with E-state index in [0.717, 1.165) is 34.6 Å². The van der Waals surface area contributed by atoms with Crippen molar-refractivity contribution in [1.82, 2.24) is 4.98 Å². The van der Waals surface area contributed by atoms with Crippen LogP contribution in [0.5, 0.6) is 17.2 Å². The van der Waals surface area contributed by atoms with Crippen molar-refractivity contribution in [3.8, 4) is 17.2 Å². The molecule has 1 atom stereocenters. The van der Waals surface area contributed by atoms with Gasteiger partial charge in [-0.2, -0.15) is 0 Å². The number of phenolic OH excluding ortho intramolecular Hbond substituents is 1. The van der Waals surface area contributed by atoms with Crippen molar-refractivity contribution in [2.24, 2.45) is 0 Å². The van der Waals surface area contributed by atoms with Crippen molar-refractivity contribution in [1.29, 1.82) is 0 Å². The van der Waals surface area contributed by atoms with E-state index in [2.05, 4.69) is 17.1 Å². The highest BCUT2D eigenvalue weighted by molar-refractivity contribution is 5.65. The van der Waals surface area contributed by atoms with Crippen LogP contribution in [-0.4, -0.2) is 16.7 Å². The van der Waals surface area contributed by atoms with Crippen molar-refractivity contribution in [3.63, 3.8) is 0 Å². The minimum absolute atomic E-state index is 0.125. The SMILES string of the molecule is CC1=Cc2cc(O)ccc2OC1c1ccc(OCCc2ccc[nH]2)cc1. The zero-order valence-corrected chi connectivity index (χ0v) is 14.6. The summed E-state index contributed by atoms with van der Waals surface area (Å²) in [6.07, 6.45) is 4.71. The molecule has 2 heterocycles. The second kappa shape index (κ2) is 7.00. The molecule has 1 aliphatic heterocycles. The number of nitrogens with one attached hydrogen (secondary N) is 1. The Kier molecular flexibility index (Phi) is 4.40. The van der Waals surface area contributed by atoms with Crippen LogP contribution in [-0.2, 0) is 6.42 Å². The zero-order valence-electron chi connectivity index (χ0n) is 14.6. The lowest BCUT2D eigenvalue weighted by molar-refractivity contribution is 0.238. The molecule has 0 aliphatic carbocycles. The van der Waals surface area contributed by atoms with Crippen molar-refractivity contribution in [2.75, 3.05) is 6.61 Å². The van der Waals surface area contributed by atoms with Gasteiger partial charge in [0, 0.05) is 23.9 Å². The molecule has 1 aliphatic rings. The van der Waals surface area contributed by atoms with Crippen LogP contribution in [0.25, 0.3) is 6.08 Å². The Labute approximate surface area is 152 Å². The van der Waals surface area contributed by atoms with Crippen LogP contribution in [0, 0.1) is 0 Å². The number of H-pyrrole nitrogens is 1. The maximum absolute atomic E-state index is 9.62. The third-order valence-corrected chi connectivity index (χ3v) is 4.52. The average molecular weight is 347 g/mol. The van der Waals surface area contributed by atoms with Crippen LogP contribution < -0.4 is 9.47 Å². The molecule has 2 N–H and O–H groups in total. The Morgan fingerprint density at radius 2 is 1.96 bits per heavy atom. The predicted octanol–water partition coefficient (Wildman–Crippen LogP) is 4.88. The minimum Gasteiger partial charge on any atom is -0.508 e. The van der Waals surface area contributed by atoms with E-state index in [1.54, 1.807) is 18.2 Å². The van der Waals surface area contributed by atoms with Gasteiger partial charge in [0.25, 0.3) is 0 Å². The Hall–Kier alpha value is -3.14. The molecule has 26 heavy (non-hydrogen) atoms. The Morgan fingerprint density at radius 1 is 1.12 bits per heavy atom. The molecule has 0 amide bonds. The molecule has 1 aromatic heterocycles. The highest BCUT2D eigenvalue weighted by Gasteiger charge is 2.22.